The van der Waals surface area contributed by atoms with Gasteiger partial charge in [-0.1, -0.05) is 72.8 Å². The number of amides is 1. The van der Waals surface area contributed by atoms with Gasteiger partial charge in [0.05, 0.1) is 24.4 Å². The zero-order chi connectivity index (χ0) is 34.5. The summed E-state index contributed by atoms with van der Waals surface area (Å²) in [6.45, 7) is -0.254. The Bertz CT molecular complexity index is 1900. The van der Waals surface area contributed by atoms with Crippen LogP contribution in [-0.4, -0.2) is 59.8 Å². The Kier molecular flexibility index (Phi) is 10.4. The fourth-order valence-electron chi connectivity index (χ4n) is 5.83. The Morgan fingerprint density at radius 1 is 0.898 bits per heavy atom. The Labute approximate surface area is 295 Å². The van der Waals surface area contributed by atoms with E-state index in [0.717, 1.165) is 21.3 Å². The maximum atomic E-state index is 15.8. The second-order valence-corrected chi connectivity index (χ2v) is 12.4. The number of benzene rings is 4. The molecule has 1 aliphatic rings. The van der Waals surface area contributed by atoms with Gasteiger partial charge in [-0.15, -0.1) is 0 Å². The van der Waals surface area contributed by atoms with E-state index in [1.165, 1.54) is 6.20 Å². The van der Waals surface area contributed by atoms with Gasteiger partial charge in [-0.2, -0.15) is 4.98 Å². The summed E-state index contributed by atoms with van der Waals surface area (Å²) in [4.78, 5) is 29.8. The van der Waals surface area contributed by atoms with Crippen molar-refractivity contribution in [3.8, 4) is 11.5 Å². The molecule has 49 heavy (non-hydrogen) atoms. The summed E-state index contributed by atoms with van der Waals surface area (Å²) in [6.07, 6.45) is -4.94. The van der Waals surface area contributed by atoms with Crippen molar-refractivity contribution in [3.05, 3.63) is 152 Å². The average Bonchev–Trinajstić information content (AvgIpc) is 3.43. The summed E-state index contributed by atoms with van der Waals surface area (Å²) in [5.74, 6) is 0.873. The Balaban J connectivity index is 1.31. The second kappa shape index (κ2) is 14.9. The molecule has 1 saturated heterocycles. The SMILES string of the molecule is COc1ccc(C(OC[C@H]2O[C@@H](n3cc(I)c(NC(=O)c4ccccc4)nc3=O)[C@H](F)[C@@H]2O)(c2ccccc2)c2ccc(OC)cc2)cc1. The topological polar surface area (TPSA) is 121 Å². The standard InChI is InChI=1S/C37H33FIN3O7/c1-46-27-17-13-25(14-18-27)37(24-11-7-4-8-12-24,26-15-19-28(47-2)20-16-26)48-22-30-32(43)31(38)35(49-30)42-21-29(39)33(41-36(42)45)40-34(44)23-9-5-3-6-10-23/h3-21,30-32,35,43H,22H2,1-2H3,(H,40,41,44,45)/t30-,31-,32-,35-/m1/s1. The first-order valence-electron chi connectivity index (χ1n) is 15.4. The molecular weight excluding hydrogens is 744 g/mol. The van der Waals surface area contributed by atoms with Gasteiger partial charge >= 0.3 is 5.69 Å². The molecule has 5 aromatic rings. The number of hydrogen-bond acceptors (Lipinski definition) is 8. The third kappa shape index (κ3) is 6.95. The molecule has 4 atom stereocenters. The van der Waals surface area contributed by atoms with Crippen LogP contribution in [-0.2, 0) is 15.1 Å². The number of rotatable bonds is 11. The van der Waals surface area contributed by atoms with Crippen LogP contribution in [0.15, 0.2) is 120 Å². The minimum atomic E-state index is -1.98. The number of aliphatic hydroxyl groups excluding tert-OH is 1. The fourth-order valence-corrected chi connectivity index (χ4v) is 6.39. The van der Waals surface area contributed by atoms with Gasteiger partial charge in [0.2, 0.25) is 0 Å². The molecular formula is C37H33FIN3O7. The molecule has 0 spiro atoms. The predicted octanol–water partition coefficient (Wildman–Crippen LogP) is 5.72. The first-order chi connectivity index (χ1) is 23.7. The lowest BCUT2D eigenvalue weighted by molar-refractivity contribution is -0.0950. The van der Waals surface area contributed by atoms with E-state index >= 15 is 4.39 Å². The van der Waals surface area contributed by atoms with Crippen molar-refractivity contribution in [1.29, 1.82) is 0 Å². The van der Waals surface area contributed by atoms with Gasteiger partial charge in [0.1, 0.15) is 29.3 Å². The van der Waals surface area contributed by atoms with Crippen molar-refractivity contribution >= 4 is 34.3 Å². The first-order valence-corrected chi connectivity index (χ1v) is 16.4. The first kappa shape index (κ1) is 34.2. The van der Waals surface area contributed by atoms with Crippen molar-refractivity contribution in [2.75, 3.05) is 26.1 Å². The quantitative estimate of drug-likeness (QED) is 0.129. The van der Waals surface area contributed by atoms with Gasteiger partial charge in [0, 0.05) is 11.8 Å². The van der Waals surface area contributed by atoms with Crippen LogP contribution < -0.4 is 20.5 Å². The number of carbonyl (C=O) groups excluding carboxylic acids is 1. The summed E-state index contributed by atoms with van der Waals surface area (Å²) < 4.78 is 40.8. The average molecular weight is 778 g/mol. The van der Waals surface area contributed by atoms with E-state index in [0.29, 0.717) is 20.6 Å². The Morgan fingerprint density at radius 2 is 1.43 bits per heavy atom. The molecule has 2 heterocycles. The largest absolute Gasteiger partial charge is 0.497 e. The van der Waals surface area contributed by atoms with Crippen LogP contribution in [0.5, 0.6) is 11.5 Å². The van der Waals surface area contributed by atoms with Gasteiger partial charge in [-0.05, 0) is 75.7 Å². The number of methoxy groups -OCH3 is 2. The maximum Gasteiger partial charge on any atom is 0.351 e. The number of carbonyl (C=O) groups is 1. The van der Waals surface area contributed by atoms with Crippen molar-refractivity contribution in [2.24, 2.45) is 0 Å². The summed E-state index contributed by atoms with van der Waals surface area (Å²) in [6, 6.07) is 32.8. The highest BCUT2D eigenvalue weighted by atomic mass is 127. The van der Waals surface area contributed by atoms with E-state index in [4.69, 9.17) is 18.9 Å². The lowest BCUT2D eigenvalue weighted by Crippen LogP contribution is -2.39. The molecule has 2 N–H and O–H groups in total. The van der Waals surface area contributed by atoms with E-state index in [1.54, 1.807) is 44.6 Å². The van der Waals surface area contributed by atoms with Crippen LogP contribution in [0.2, 0.25) is 0 Å². The van der Waals surface area contributed by atoms with Gasteiger partial charge in [-0.3, -0.25) is 9.36 Å². The van der Waals surface area contributed by atoms with E-state index < -0.39 is 41.8 Å². The highest BCUT2D eigenvalue weighted by molar-refractivity contribution is 14.1. The van der Waals surface area contributed by atoms with Crippen LogP contribution >= 0.6 is 22.6 Å². The van der Waals surface area contributed by atoms with E-state index in [2.05, 4.69) is 10.3 Å². The van der Waals surface area contributed by atoms with Crippen molar-refractivity contribution in [3.63, 3.8) is 0 Å². The minimum Gasteiger partial charge on any atom is -0.497 e. The molecule has 1 fully saturated rings. The molecule has 0 aliphatic carbocycles. The number of hydrogen-bond donors (Lipinski definition) is 2. The molecule has 10 nitrogen and oxygen atoms in total. The number of anilines is 1. The third-order valence-electron chi connectivity index (χ3n) is 8.38. The number of aromatic nitrogens is 2. The van der Waals surface area contributed by atoms with Crippen LogP contribution in [0.25, 0.3) is 0 Å². The molecule has 0 unspecified atom stereocenters. The fraction of sp³-hybridized carbons (Fsp3) is 0.216. The molecule has 0 saturated carbocycles. The van der Waals surface area contributed by atoms with Crippen LogP contribution in [0, 0.1) is 3.57 Å². The van der Waals surface area contributed by atoms with E-state index in [-0.39, 0.29) is 12.4 Å². The van der Waals surface area contributed by atoms with Crippen LogP contribution in [0.1, 0.15) is 33.3 Å². The molecule has 0 bridgehead atoms. The predicted molar refractivity (Wildman–Crippen MR) is 189 cm³/mol. The number of nitrogens with one attached hydrogen (secondary N) is 1. The summed E-state index contributed by atoms with van der Waals surface area (Å²) in [5, 5.41) is 13.7. The normalized spacial score (nSPS) is 19.0. The van der Waals surface area contributed by atoms with Gasteiger partial charge < -0.3 is 29.4 Å². The lowest BCUT2D eigenvalue weighted by atomic mass is 9.80. The van der Waals surface area contributed by atoms with Crippen LogP contribution in [0.4, 0.5) is 10.2 Å². The number of halogens is 2. The number of ether oxygens (including phenoxy) is 4. The number of nitrogens with zero attached hydrogens (tertiary/aromatic N) is 2. The molecule has 1 amide bonds. The summed E-state index contributed by atoms with van der Waals surface area (Å²) in [5.41, 5.74) is 0.546. The van der Waals surface area contributed by atoms with Gasteiger partial charge in [0.25, 0.3) is 5.91 Å². The molecule has 1 aromatic heterocycles. The molecule has 0 radical (unpaired) electrons. The van der Waals surface area contributed by atoms with Gasteiger partial charge in [-0.25, -0.2) is 9.18 Å². The number of alkyl halides is 1. The molecule has 252 valence electrons. The second-order valence-electron chi connectivity index (χ2n) is 11.3. The monoisotopic (exact) mass is 777 g/mol. The smallest absolute Gasteiger partial charge is 0.351 e. The van der Waals surface area contributed by atoms with E-state index in [9.17, 15) is 14.7 Å². The Hall–Kier alpha value is -4.63. The molecule has 12 heteroatoms. The highest BCUT2D eigenvalue weighted by Gasteiger charge is 2.48. The highest BCUT2D eigenvalue weighted by Crippen LogP contribution is 2.43. The number of aliphatic hydroxyl groups is 1. The Morgan fingerprint density at radius 3 is 1.98 bits per heavy atom. The zero-order valence-corrected chi connectivity index (χ0v) is 28.7. The zero-order valence-electron chi connectivity index (χ0n) is 26.5. The van der Waals surface area contributed by atoms with Crippen molar-refractivity contribution < 1.29 is 33.2 Å². The van der Waals surface area contributed by atoms with Gasteiger partial charge in [0.15, 0.2) is 18.2 Å². The third-order valence-corrected chi connectivity index (χ3v) is 9.17. The van der Waals surface area contributed by atoms with Crippen molar-refractivity contribution in [1.82, 2.24) is 9.55 Å². The summed E-state index contributed by atoms with van der Waals surface area (Å²) in [7, 11) is 3.16. The summed E-state index contributed by atoms with van der Waals surface area (Å²) >= 11 is 1.90. The molecule has 1 aliphatic heterocycles. The molecule has 4 aromatic carbocycles. The lowest BCUT2D eigenvalue weighted by Gasteiger charge is -2.37. The van der Waals surface area contributed by atoms with Crippen LogP contribution in [0.3, 0.4) is 0 Å². The maximum absolute atomic E-state index is 15.8. The van der Waals surface area contributed by atoms with Crippen molar-refractivity contribution in [2.45, 2.75) is 30.2 Å². The minimum absolute atomic E-state index is 0.0242. The molecule has 6 rings (SSSR count). The van der Waals surface area contributed by atoms with E-state index in [1.807, 2.05) is 101 Å².